The second-order valence-electron chi connectivity index (χ2n) is 4.39. The van der Waals surface area contributed by atoms with E-state index >= 15 is 0 Å². The molecule has 1 N–H and O–H groups in total. The van der Waals surface area contributed by atoms with Crippen molar-refractivity contribution in [3.63, 3.8) is 0 Å². The first kappa shape index (κ1) is 11.4. The summed E-state index contributed by atoms with van der Waals surface area (Å²) in [4.78, 5) is 4.14. The molecule has 2 nitrogen and oxygen atoms in total. The third-order valence-electron chi connectivity index (χ3n) is 3.02. The minimum absolute atomic E-state index is 0.603. The highest BCUT2D eigenvalue weighted by Crippen LogP contribution is 2.33. The maximum Gasteiger partial charge on any atom is 0.107 e. The molecular weight excluding hydrogens is 242 g/mol. The van der Waals surface area contributed by atoms with Crippen LogP contribution < -0.4 is 0 Å². The molecule has 18 heavy (non-hydrogen) atoms. The lowest BCUT2D eigenvalue weighted by molar-refractivity contribution is 0.222. The maximum absolute atomic E-state index is 10.5. The zero-order valence-corrected chi connectivity index (χ0v) is 10.8. The number of benzene rings is 1. The number of rotatable bonds is 2. The molecule has 1 aromatic carbocycles. The standard InChI is InChI=1S/C15H13NOS/c1-10-6-11(8-16-7-10)15(17)13-9-18-14-5-3-2-4-12(13)14/h2-9,15,17H,1H3. The van der Waals surface area contributed by atoms with Gasteiger partial charge < -0.3 is 5.11 Å². The minimum atomic E-state index is -0.603. The van der Waals surface area contributed by atoms with Crippen molar-refractivity contribution in [2.75, 3.05) is 0 Å². The van der Waals surface area contributed by atoms with Crippen LogP contribution in [0, 0.1) is 6.92 Å². The number of fused-ring (bicyclic) bond motifs is 1. The summed E-state index contributed by atoms with van der Waals surface area (Å²) in [5.41, 5.74) is 2.87. The molecule has 1 unspecified atom stereocenters. The molecule has 90 valence electrons. The summed E-state index contributed by atoms with van der Waals surface area (Å²) in [5, 5.41) is 13.6. The third-order valence-corrected chi connectivity index (χ3v) is 4.00. The minimum Gasteiger partial charge on any atom is -0.384 e. The van der Waals surface area contributed by atoms with Gasteiger partial charge in [-0.2, -0.15) is 0 Å². The number of aliphatic hydroxyl groups is 1. The lowest BCUT2D eigenvalue weighted by Gasteiger charge is -2.10. The van der Waals surface area contributed by atoms with Crippen molar-refractivity contribution in [2.24, 2.45) is 0 Å². The Bertz CT molecular complexity index is 690. The molecule has 0 fully saturated rings. The average molecular weight is 255 g/mol. The number of pyridine rings is 1. The fourth-order valence-electron chi connectivity index (χ4n) is 2.12. The second-order valence-corrected chi connectivity index (χ2v) is 5.30. The highest BCUT2D eigenvalue weighted by molar-refractivity contribution is 7.17. The highest BCUT2D eigenvalue weighted by atomic mass is 32.1. The molecule has 2 aromatic heterocycles. The van der Waals surface area contributed by atoms with Crippen LogP contribution in [-0.4, -0.2) is 10.1 Å². The van der Waals surface area contributed by atoms with Crippen molar-refractivity contribution in [2.45, 2.75) is 13.0 Å². The van der Waals surface area contributed by atoms with Crippen molar-refractivity contribution in [3.8, 4) is 0 Å². The summed E-state index contributed by atoms with van der Waals surface area (Å²) in [6.07, 6.45) is 2.92. The number of aryl methyl sites for hydroxylation is 1. The molecule has 2 heterocycles. The predicted octanol–water partition coefficient (Wildman–Crippen LogP) is 3.69. The van der Waals surface area contributed by atoms with Gasteiger partial charge in [0.2, 0.25) is 0 Å². The molecule has 3 heteroatoms. The first-order chi connectivity index (χ1) is 8.75. The van der Waals surface area contributed by atoms with E-state index in [0.29, 0.717) is 0 Å². The van der Waals surface area contributed by atoms with E-state index in [4.69, 9.17) is 0 Å². The molecule has 0 amide bonds. The fraction of sp³-hybridized carbons (Fsp3) is 0.133. The topological polar surface area (TPSA) is 33.1 Å². The van der Waals surface area contributed by atoms with E-state index in [9.17, 15) is 5.11 Å². The van der Waals surface area contributed by atoms with Gasteiger partial charge in [0.15, 0.2) is 0 Å². The smallest absolute Gasteiger partial charge is 0.107 e. The van der Waals surface area contributed by atoms with Crippen molar-refractivity contribution in [1.82, 2.24) is 4.98 Å². The molecule has 1 atom stereocenters. The summed E-state index contributed by atoms with van der Waals surface area (Å²) in [6, 6.07) is 10.1. The van der Waals surface area contributed by atoms with Crippen molar-refractivity contribution in [3.05, 3.63) is 64.8 Å². The average Bonchev–Trinajstić information content (AvgIpc) is 2.82. The molecule has 0 radical (unpaired) electrons. The summed E-state index contributed by atoms with van der Waals surface area (Å²) in [7, 11) is 0. The van der Waals surface area contributed by atoms with E-state index in [1.165, 1.54) is 4.70 Å². The van der Waals surface area contributed by atoms with Crippen LogP contribution in [0.3, 0.4) is 0 Å². The van der Waals surface area contributed by atoms with Crippen LogP contribution >= 0.6 is 11.3 Å². The van der Waals surface area contributed by atoms with E-state index in [1.807, 2.05) is 36.6 Å². The van der Waals surface area contributed by atoms with Crippen LogP contribution in [0.4, 0.5) is 0 Å². The van der Waals surface area contributed by atoms with Crippen molar-refractivity contribution in [1.29, 1.82) is 0 Å². The number of thiophene rings is 1. The Balaban J connectivity index is 2.09. The van der Waals surface area contributed by atoms with Gasteiger partial charge in [-0.1, -0.05) is 24.3 Å². The Morgan fingerprint density at radius 2 is 2.06 bits per heavy atom. The van der Waals surface area contributed by atoms with Crippen LogP contribution in [-0.2, 0) is 0 Å². The zero-order valence-electron chi connectivity index (χ0n) is 10.00. The lowest BCUT2D eigenvalue weighted by Crippen LogP contribution is -1.99. The van der Waals surface area contributed by atoms with Gasteiger partial charge in [0, 0.05) is 28.2 Å². The quantitative estimate of drug-likeness (QED) is 0.757. The molecule has 0 saturated heterocycles. The van der Waals surface area contributed by atoms with Crippen LogP contribution in [0.5, 0.6) is 0 Å². The SMILES string of the molecule is Cc1cncc(C(O)c2csc3ccccc23)c1. The van der Waals surface area contributed by atoms with E-state index < -0.39 is 6.10 Å². The third kappa shape index (κ3) is 1.92. The normalized spacial score (nSPS) is 12.8. The van der Waals surface area contributed by atoms with Crippen molar-refractivity contribution < 1.29 is 5.11 Å². The van der Waals surface area contributed by atoms with Crippen LogP contribution in [0.2, 0.25) is 0 Å². The Kier molecular flexibility index (Phi) is 2.86. The number of aromatic nitrogens is 1. The molecule has 0 spiro atoms. The first-order valence-corrected chi connectivity index (χ1v) is 6.69. The maximum atomic E-state index is 10.5. The number of aliphatic hydroxyl groups excluding tert-OH is 1. The number of hydrogen-bond acceptors (Lipinski definition) is 3. The van der Waals surface area contributed by atoms with E-state index in [0.717, 1.165) is 22.1 Å². The molecule has 0 bridgehead atoms. The zero-order chi connectivity index (χ0) is 12.5. The summed E-state index contributed by atoms with van der Waals surface area (Å²) in [6.45, 7) is 1.98. The summed E-state index contributed by atoms with van der Waals surface area (Å²) < 4.78 is 1.20. The highest BCUT2D eigenvalue weighted by Gasteiger charge is 2.15. The molecule has 3 rings (SSSR count). The Hall–Kier alpha value is -1.71. The van der Waals surface area contributed by atoms with E-state index in [-0.39, 0.29) is 0 Å². The molecule has 0 aliphatic carbocycles. The summed E-state index contributed by atoms with van der Waals surface area (Å²) in [5.74, 6) is 0. The first-order valence-electron chi connectivity index (χ1n) is 5.81. The largest absolute Gasteiger partial charge is 0.384 e. The van der Waals surface area contributed by atoms with Gasteiger partial charge in [-0.3, -0.25) is 4.98 Å². The Morgan fingerprint density at radius 1 is 1.22 bits per heavy atom. The van der Waals surface area contributed by atoms with E-state index in [1.54, 1.807) is 23.7 Å². The van der Waals surface area contributed by atoms with Gasteiger partial charge in [-0.05, 0) is 29.3 Å². The fourth-order valence-corrected chi connectivity index (χ4v) is 3.10. The van der Waals surface area contributed by atoms with Gasteiger partial charge >= 0.3 is 0 Å². The Labute approximate surface area is 110 Å². The predicted molar refractivity (Wildman–Crippen MR) is 74.9 cm³/mol. The lowest BCUT2D eigenvalue weighted by atomic mass is 10.0. The van der Waals surface area contributed by atoms with Crippen LogP contribution in [0.1, 0.15) is 22.8 Å². The number of nitrogens with zero attached hydrogens (tertiary/aromatic N) is 1. The van der Waals surface area contributed by atoms with Crippen LogP contribution in [0.25, 0.3) is 10.1 Å². The van der Waals surface area contributed by atoms with Gasteiger partial charge in [0.1, 0.15) is 6.10 Å². The van der Waals surface area contributed by atoms with E-state index in [2.05, 4.69) is 11.1 Å². The molecule has 3 aromatic rings. The molecule has 0 saturated carbocycles. The van der Waals surface area contributed by atoms with Gasteiger partial charge in [-0.15, -0.1) is 11.3 Å². The number of hydrogen-bond donors (Lipinski definition) is 1. The monoisotopic (exact) mass is 255 g/mol. The van der Waals surface area contributed by atoms with Crippen molar-refractivity contribution >= 4 is 21.4 Å². The molecule has 0 aliphatic rings. The van der Waals surface area contributed by atoms with Gasteiger partial charge in [0.05, 0.1) is 0 Å². The second kappa shape index (κ2) is 4.52. The van der Waals surface area contributed by atoms with Gasteiger partial charge in [0.25, 0.3) is 0 Å². The van der Waals surface area contributed by atoms with Crippen LogP contribution in [0.15, 0.2) is 48.1 Å². The Morgan fingerprint density at radius 3 is 2.89 bits per heavy atom. The molecule has 0 aliphatic heterocycles. The molecular formula is C15H13NOS. The van der Waals surface area contributed by atoms with Gasteiger partial charge in [-0.25, -0.2) is 0 Å². The summed E-state index contributed by atoms with van der Waals surface area (Å²) >= 11 is 1.66.